The Morgan fingerprint density at radius 2 is 1.79 bits per heavy atom. The van der Waals surface area contributed by atoms with Crippen molar-refractivity contribution in [1.82, 2.24) is 4.90 Å². The molecule has 0 saturated carbocycles. The molecule has 0 aromatic heterocycles. The number of rotatable bonds is 6. The molecule has 2 amide bonds. The SMILES string of the molecule is CCCN1C(=O)[C@H](CC(=O)Nc2ccc(C)cc2C)SC1=Nc1ccc(C)cc1. The Kier molecular flexibility index (Phi) is 6.75. The lowest BCUT2D eigenvalue weighted by Gasteiger charge is -2.15. The lowest BCUT2D eigenvalue weighted by molar-refractivity contribution is -0.128. The number of anilines is 1. The van der Waals surface area contributed by atoms with Gasteiger partial charge in [0.15, 0.2) is 5.17 Å². The Balaban J connectivity index is 1.73. The first-order valence-corrected chi connectivity index (χ1v) is 10.8. The van der Waals surface area contributed by atoms with Crippen molar-refractivity contribution in [3.8, 4) is 0 Å². The third-order valence-electron chi connectivity index (χ3n) is 4.75. The monoisotopic (exact) mass is 409 g/mol. The highest BCUT2D eigenvalue weighted by Crippen LogP contribution is 2.32. The van der Waals surface area contributed by atoms with E-state index in [1.54, 1.807) is 4.90 Å². The lowest BCUT2D eigenvalue weighted by atomic mass is 10.1. The number of aliphatic imine (C=N–C) groups is 1. The Bertz CT molecular complexity index is 938. The molecule has 1 N–H and O–H groups in total. The molecule has 1 aliphatic rings. The molecule has 0 spiro atoms. The third-order valence-corrected chi connectivity index (χ3v) is 5.93. The zero-order valence-corrected chi connectivity index (χ0v) is 18.2. The molecule has 1 fully saturated rings. The lowest BCUT2D eigenvalue weighted by Crippen LogP contribution is -2.34. The van der Waals surface area contributed by atoms with Gasteiger partial charge in [-0.2, -0.15) is 0 Å². The van der Waals surface area contributed by atoms with Crippen molar-refractivity contribution in [2.45, 2.75) is 45.8 Å². The fourth-order valence-electron chi connectivity index (χ4n) is 3.21. The van der Waals surface area contributed by atoms with Crippen LogP contribution in [0.25, 0.3) is 0 Å². The second-order valence-electron chi connectivity index (χ2n) is 7.40. The molecule has 2 aromatic carbocycles. The highest BCUT2D eigenvalue weighted by molar-refractivity contribution is 8.15. The molecule has 5 nitrogen and oxygen atoms in total. The maximum absolute atomic E-state index is 12.9. The summed E-state index contributed by atoms with van der Waals surface area (Å²) < 4.78 is 0. The molecule has 1 aliphatic heterocycles. The van der Waals surface area contributed by atoms with E-state index in [-0.39, 0.29) is 18.2 Å². The van der Waals surface area contributed by atoms with Crippen LogP contribution in [0.2, 0.25) is 0 Å². The van der Waals surface area contributed by atoms with E-state index in [0.29, 0.717) is 11.7 Å². The van der Waals surface area contributed by atoms with Crippen molar-refractivity contribution in [2.24, 2.45) is 4.99 Å². The number of carbonyl (C=O) groups excluding carboxylic acids is 2. The molecular formula is C23H27N3O2S. The van der Waals surface area contributed by atoms with Crippen LogP contribution in [-0.2, 0) is 9.59 Å². The fraction of sp³-hybridized carbons (Fsp3) is 0.348. The number of hydrogen-bond acceptors (Lipinski definition) is 4. The summed E-state index contributed by atoms with van der Waals surface area (Å²) in [6.07, 6.45) is 0.963. The topological polar surface area (TPSA) is 61.8 Å². The summed E-state index contributed by atoms with van der Waals surface area (Å²) in [6.45, 7) is 8.64. The van der Waals surface area contributed by atoms with Gasteiger partial charge < -0.3 is 5.32 Å². The Labute approximate surface area is 176 Å². The van der Waals surface area contributed by atoms with Gasteiger partial charge in [-0.1, -0.05) is 54.1 Å². The summed E-state index contributed by atoms with van der Waals surface area (Å²) in [5.74, 6) is -0.200. The number of aryl methyl sites for hydroxylation is 3. The van der Waals surface area contributed by atoms with Gasteiger partial charge in [0.1, 0.15) is 5.25 Å². The zero-order chi connectivity index (χ0) is 21.0. The van der Waals surface area contributed by atoms with E-state index in [1.807, 2.05) is 70.2 Å². The van der Waals surface area contributed by atoms with Gasteiger partial charge in [-0.05, 0) is 51.0 Å². The molecule has 1 atom stereocenters. The average molecular weight is 410 g/mol. The van der Waals surface area contributed by atoms with Crippen LogP contribution in [0, 0.1) is 20.8 Å². The quantitative estimate of drug-likeness (QED) is 0.732. The second-order valence-corrected chi connectivity index (χ2v) is 8.57. The van der Waals surface area contributed by atoms with Gasteiger partial charge in [-0.3, -0.25) is 14.5 Å². The standard InChI is InChI=1S/C23H27N3O2S/c1-5-12-26-22(28)20(29-23(26)24-18-9-6-15(2)7-10-18)14-21(27)25-19-11-8-16(3)13-17(19)4/h6-11,13,20H,5,12,14H2,1-4H3,(H,25,27)/t20-/m0/s1. The first kappa shape index (κ1) is 21.1. The predicted octanol–water partition coefficient (Wildman–Crippen LogP) is 4.98. The minimum absolute atomic E-state index is 0.0431. The number of benzene rings is 2. The molecule has 1 heterocycles. The summed E-state index contributed by atoms with van der Waals surface area (Å²) in [6, 6.07) is 13.8. The Morgan fingerprint density at radius 1 is 1.10 bits per heavy atom. The molecule has 29 heavy (non-hydrogen) atoms. The van der Waals surface area contributed by atoms with E-state index in [2.05, 4.69) is 10.3 Å². The van der Waals surface area contributed by atoms with E-state index in [0.717, 1.165) is 34.5 Å². The van der Waals surface area contributed by atoms with Gasteiger partial charge in [0.05, 0.1) is 5.69 Å². The van der Waals surface area contributed by atoms with Crippen molar-refractivity contribution < 1.29 is 9.59 Å². The molecule has 3 rings (SSSR count). The number of nitrogens with one attached hydrogen (secondary N) is 1. The van der Waals surface area contributed by atoms with Gasteiger partial charge in [0.25, 0.3) is 0 Å². The number of amides is 2. The zero-order valence-electron chi connectivity index (χ0n) is 17.4. The van der Waals surface area contributed by atoms with Crippen LogP contribution in [0.5, 0.6) is 0 Å². The average Bonchev–Trinajstić information content (AvgIpc) is 2.95. The van der Waals surface area contributed by atoms with Crippen LogP contribution in [0.15, 0.2) is 47.5 Å². The van der Waals surface area contributed by atoms with E-state index < -0.39 is 5.25 Å². The van der Waals surface area contributed by atoms with E-state index in [4.69, 9.17) is 0 Å². The number of hydrogen-bond donors (Lipinski definition) is 1. The molecular weight excluding hydrogens is 382 g/mol. The molecule has 0 unspecified atom stereocenters. The summed E-state index contributed by atoms with van der Waals surface area (Å²) in [5.41, 5.74) is 4.92. The van der Waals surface area contributed by atoms with Crippen LogP contribution < -0.4 is 5.32 Å². The minimum atomic E-state index is -0.448. The minimum Gasteiger partial charge on any atom is -0.326 e. The summed E-state index contributed by atoms with van der Waals surface area (Å²) in [7, 11) is 0. The van der Waals surface area contributed by atoms with Crippen molar-refractivity contribution in [3.05, 3.63) is 59.2 Å². The number of carbonyl (C=O) groups is 2. The van der Waals surface area contributed by atoms with Gasteiger partial charge >= 0.3 is 0 Å². The van der Waals surface area contributed by atoms with Crippen molar-refractivity contribution >= 4 is 40.1 Å². The molecule has 1 saturated heterocycles. The van der Waals surface area contributed by atoms with Crippen LogP contribution in [0.1, 0.15) is 36.5 Å². The first-order valence-electron chi connectivity index (χ1n) is 9.88. The molecule has 0 radical (unpaired) electrons. The number of amidine groups is 1. The van der Waals surface area contributed by atoms with E-state index in [1.165, 1.54) is 11.8 Å². The van der Waals surface area contributed by atoms with Gasteiger partial charge in [0, 0.05) is 18.7 Å². The van der Waals surface area contributed by atoms with Crippen LogP contribution in [-0.4, -0.2) is 33.7 Å². The van der Waals surface area contributed by atoms with Crippen LogP contribution in [0.4, 0.5) is 11.4 Å². The summed E-state index contributed by atoms with van der Waals surface area (Å²) in [5, 5.41) is 3.16. The Morgan fingerprint density at radius 3 is 2.45 bits per heavy atom. The van der Waals surface area contributed by atoms with Crippen molar-refractivity contribution in [2.75, 3.05) is 11.9 Å². The highest BCUT2D eigenvalue weighted by Gasteiger charge is 2.38. The molecule has 2 aromatic rings. The highest BCUT2D eigenvalue weighted by atomic mass is 32.2. The maximum Gasteiger partial charge on any atom is 0.242 e. The predicted molar refractivity (Wildman–Crippen MR) is 121 cm³/mol. The smallest absolute Gasteiger partial charge is 0.242 e. The second kappa shape index (κ2) is 9.27. The largest absolute Gasteiger partial charge is 0.326 e. The summed E-state index contributed by atoms with van der Waals surface area (Å²) in [4.78, 5) is 31.9. The van der Waals surface area contributed by atoms with Crippen LogP contribution in [0.3, 0.4) is 0 Å². The fourth-order valence-corrected chi connectivity index (χ4v) is 4.39. The summed E-state index contributed by atoms with van der Waals surface area (Å²) >= 11 is 1.38. The van der Waals surface area contributed by atoms with E-state index in [9.17, 15) is 9.59 Å². The molecule has 0 aliphatic carbocycles. The Hall–Kier alpha value is -2.60. The normalized spacial score (nSPS) is 17.8. The maximum atomic E-state index is 12.9. The van der Waals surface area contributed by atoms with Crippen molar-refractivity contribution in [3.63, 3.8) is 0 Å². The first-order chi connectivity index (χ1) is 13.9. The van der Waals surface area contributed by atoms with Gasteiger partial charge in [0.2, 0.25) is 11.8 Å². The van der Waals surface area contributed by atoms with Crippen LogP contribution >= 0.6 is 11.8 Å². The van der Waals surface area contributed by atoms with Gasteiger partial charge in [-0.15, -0.1) is 0 Å². The van der Waals surface area contributed by atoms with E-state index >= 15 is 0 Å². The number of thioether (sulfide) groups is 1. The van der Waals surface area contributed by atoms with Gasteiger partial charge in [-0.25, -0.2) is 4.99 Å². The molecule has 0 bridgehead atoms. The van der Waals surface area contributed by atoms with Crippen molar-refractivity contribution in [1.29, 1.82) is 0 Å². The molecule has 6 heteroatoms. The third kappa shape index (κ3) is 5.26. The number of nitrogens with zero attached hydrogens (tertiary/aromatic N) is 2. The molecule has 152 valence electrons.